The monoisotopic (exact) mass is 291 g/mol. The first-order valence-electron chi connectivity index (χ1n) is 7.86. The predicted molar refractivity (Wildman–Crippen MR) is 82.2 cm³/mol. The number of rotatable bonds is 5. The van der Waals surface area contributed by atoms with Crippen molar-refractivity contribution in [3.63, 3.8) is 0 Å². The number of amides is 1. The first-order chi connectivity index (χ1) is 10.1. The van der Waals surface area contributed by atoms with Crippen LogP contribution in [0.1, 0.15) is 51.2 Å². The van der Waals surface area contributed by atoms with Crippen molar-refractivity contribution in [2.24, 2.45) is 0 Å². The van der Waals surface area contributed by atoms with Crippen LogP contribution in [0.4, 0.5) is 0 Å². The molecule has 1 aromatic rings. The maximum absolute atomic E-state index is 12.4. The third-order valence-corrected chi connectivity index (χ3v) is 3.98. The first-order valence-corrected chi connectivity index (χ1v) is 7.86. The van der Waals surface area contributed by atoms with Gasteiger partial charge in [0.1, 0.15) is 5.75 Å². The van der Waals surface area contributed by atoms with Gasteiger partial charge in [-0.3, -0.25) is 4.79 Å². The van der Waals surface area contributed by atoms with E-state index in [-0.39, 0.29) is 5.91 Å². The van der Waals surface area contributed by atoms with Gasteiger partial charge in [-0.1, -0.05) is 25.1 Å². The highest BCUT2D eigenvalue weighted by Gasteiger charge is 2.24. The standard InChI is InChI=1S/C17H25NO3/c1-3-15(19)14-9-5-6-10-16(14)21-13(2)17(20)18-11-7-4-8-12-18/h5-6,9-10,13,15,19H,3-4,7-8,11-12H2,1-2H3. The Morgan fingerprint density at radius 2 is 1.95 bits per heavy atom. The van der Waals surface area contributed by atoms with Gasteiger partial charge in [0.2, 0.25) is 0 Å². The van der Waals surface area contributed by atoms with Crippen LogP contribution in [0.15, 0.2) is 24.3 Å². The summed E-state index contributed by atoms with van der Waals surface area (Å²) in [6, 6.07) is 7.40. The fraction of sp³-hybridized carbons (Fsp3) is 0.588. The van der Waals surface area contributed by atoms with E-state index in [1.165, 1.54) is 6.42 Å². The molecule has 0 aromatic heterocycles. The van der Waals surface area contributed by atoms with Crippen molar-refractivity contribution in [2.45, 2.75) is 51.7 Å². The molecule has 1 aromatic carbocycles. The number of piperidine rings is 1. The van der Waals surface area contributed by atoms with Crippen molar-refractivity contribution >= 4 is 5.91 Å². The first kappa shape index (κ1) is 15.8. The van der Waals surface area contributed by atoms with Gasteiger partial charge in [-0.25, -0.2) is 0 Å². The van der Waals surface area contributed by atoms with E-state index in [0.29, 0.717) is 12.2 Å². The van der Waals surface area contributed by atoms with Crippen molar-refractivity contribution < 1.29 is 14.6 Å². The lowest BCUT2D eigenvalue weighted by molar-refractivity contribution is -0.138. The van der Waals surface area contributed by atoms with Gasteiger partial charge in [0.05, 0.1) is 6.10 Å². The molecule has 0 spiro atoms. The lowest BCUT2D eigenvalue weighted by Crippen LogP contribution is -2.43. The second-order valence-electron chi connectivity index (χ2n) is 5.61. The fourth-order valence-electron chi connectivity index (χ4n) is 2.70. The number of hydrogen-bond donors (Lipinski definition) is 1. The molecular weight excluding hydrogens is 266 g/mol. The number of nitrogens with zero attached hydrogens (tertiary/aromatic N) is 1. The van der Waals surface area contributed by atoms with Gasteiger partial charge in [0, 0.05) is 18.7 Å². The second kappa shape index (κ2) is 7.46. The Kier molecular flexibility index (Phi) is 5.62. The highest BCUT2D eigenvalue weighted by atomic mass is 16.5. The largest absolute Gasteiger partial charge is 0.481 e. The van der Waals surface area contributed by atoms with E-state index in [2.05, 4.69) is 0 Å². The van der Waals surface area contributed by atoms with Crippen LogP contribution < -0.4 is 4.74 Å². The number of para-hydroxylation sites is 1. The zero-order valence-electron chi connectivity index (χ0n) is 12.9. The van der Waals surface area contributed by atoms with Crippen LogP contribution >= 0.6 is 0 Å². The fourth-order valence-corrected chi connectivity index (χ4v) is 2.70. The molecule has 4 nitrogen and oxygen atoms in total. The van der Waals surface area contributed by atoms with E-state index in [0.717, 1.165) is 31.5 Å². The quantitative estimate of drug-likeness (QED) is 0.907. The minimum absolute atomic E-state index is 0.0375. The van der Waals surface area contributed by atoms with Gasteiger partial charge < -0.3 is 14.7 Å². The second-order valence-corrected chi connectivity index (χ2v) is 5.61. The molecule has 0 bridgehead atoms. The minimum atomic E-state index is -0.557. The van der Waals surface area contributed by atoms with Gasteiger partial charge in [-0.2, -0.15) is 0 Å². The number of carbonyl (C=O) groups excluding carboxylic acids is 1. The molecule has 2 atom stereocenters. The minimum Gasteiger partial charge on any atom is -0.481 e. The molecule has 1 aliphatic rings. The molecule has 1 heterocycles. The number of benzene rings is 1. The van der Waals surface area contributed by atoms with Gasteiger partial charge in [0.15, 0.2) is 6.10 Å². The Morgan fingerprint density at radius 1 is 1.29 bits per heavy atom. The number of ether oxygens (including phenoxy) is 1. The van der Waals surface area contributed by atoms with E-state index >= 15 is 0 Å². The van der Waals surface area contributed by atoms with Crippen LogP contribution in [-0.4, -0.2) is 35.1 Å². The molecule has 0 aliphatic carbocycles. The Hall–Kier alpha value is -1.55. The zero-order valence-corrected chi connectivity index (χ0v) is 12.9. The van der Waals surface area contributed by atoms with E-state index in [1.54, 1.807) is 6.92 Å². The summed E-state index contributed by atoms with van der Waals surface area (Å²) in [6.07, 6.45) is 2.89. The van der Waals surface area contributed by atoms with E-state index in [4.69, 9.17) is 4.74 Å². The molecule has 0 saturated carbocycles. The van der Waals surface area contributed by atoms with Gasteiger partial charge in [-0.15, -0.1) is 0 Å². The molecule has 2 unspecified atom stereocenters. The number of carbonyl (C=O) groups is 1. The van der Waals surface area contributed by atoms with Crippen molar-refractivity contribution in [3.05, 3.63) is 29.8 Å². The van der Waals surface area contributed by atoms with Gasteiger partial charge in [0.25, 0.3) is 5.91 Å². The van der Waals surface area contributed by atoms with Crippen molar-refractivity contribution in [1.82, 2.24) is 4.90 Å². The third-order valence-electron chi connectivity index (χ3n) is 3.98. The molecule has 21 heavy (non-hydrogen) atoms. The van der Waals surface area contributed by atoms with Crippen LogP contribution in [0.2, 0.25) is 0 Å². The topological polar surface area (TPSA) is 49.8 Å². The average molecular weight is 291 g/mol. The summed E-state index contributed by atoms with van der Waals surface area (Å²) in [5, 5.41) is 10.0. The molecular formula is C17H25NO3. The molecule has 1 aliphatic heterocycles. The number of likely N-dealkylation sites (tertiary alicyclic amines) is 1. The molecule has 116 valence electrons. The summed E-state index contributed by atoms with van der Waals surface area (Å²) < 4.78 is 5.83. The summed E-state index contributed by atoms with van der Waals surface area (Å²) in [4.78, 5) is 14.3. The van der Waals surface area contributed by atoms with Gasteiger partial charge >= 0.3 is 0 Å². The van der Waals surface area contributed by atoms with Crippen LogP contribution in [0.3, 0.4) is 0 Å². The Balaban J connectivity index is 2.05. The summed E-state index contributed by atoms with van der Waals surface area (Å²) in [6.45, 7) is 5.35. The highest BCUT2D eigenvalue weighted by molar-refractivity contribution is 5.81. The average Bonchev–Trinajstić information content (AvgIpc) is 2.54. The van der Waals surface area contributed by atoms with Crippen LogP contribution in [0, 0.1) is 0 Å². The predicted octanol–water partition coefficient (Wildman–Crippen LogP) is 2.91. The molecule has 2 rings (SSSR count). The third kappa shape index (κ3) is 3.97. The number of aliphatic hydroxyl groups is 1. The summed E-state index contributed by atoms with van der Waals surface area (Å²) in [7, 11) is 0. The summed E-state index contributed by atoms with van der Waals surface area (Å²) in [5.74, 6) is 0.639. The molecule has 4 heteroatoms. The molecule has 0 radical (unpaired) electrons. The number of hydrogen-bond acceptors (Lipinski definition) is 3. The summed E-state index contributed by atoms with van der Waals surface area (Å²) >= 11 is 0. The van der Waals surface area contributed by atoms with Crippen LogP contribution in [0.5, 0.6) is 5.75 Å². The van der Waals surface area contributed by atoms with Crippen molar-refractivity contribution in [1.29, 1.82) is 0 Å². The van der Waals surface area contributed by atoms with E-state index in [1.807, 2.05) is 36.1 Å². The van der Waals surface area contributed by atoms with Crippen LogP contribution in [0.25, 0.3) is 0 Å². The van der Waals surface area contributed by atoms with Gasteiger partial charge in [-0.05, 0) is 38.7 Å². The Bertz CT molecular complexity index is 469. The van der Waals surface area contributed by atoms with Crippen molar-refractivity contribution in [3.8, 4) is 5.75 Å². The maximum atomic E-state index is 12.4. The normalized spacial score (nSPS) is 18.1. The molecule has 1 N–H and O–H groups in total. The lowest BCUT2D eigenvalue weighted by atomic mass is 10.1. The lowest BCUT2D eigenvalue weighted by Gasteiger charge is -2.29. The van der Waals surface area contributed by atoms with E-state index in [9.17, 15) is 9.90 Å². The maximum Gasteiger partial charge on any atom is 0.263 e. The molecule has 1 saturated heterocycles. The van der Waals surface area contributed by atoms with Crippen LogP contribution in [-0.2, 0) is 4.79 Å². The Morgan fingerprint density at radius 3 is 2.62 bits per heavy atom. The smallest absolute Gasteiger partial charge is 0.263 e. The SMILES string of the molecule is CCC(O)c1ccccc1OC(C)C(=O)N1CCCCC1. The number of aliphatic hydroxyl groups excluding tert-OH is 1. The van der Waals surface area contributed by atoms with Crippen molar-refractivity contribution in [2.75, 3.05) is 13.1 Å². The molecule has 1 fully saturated rings. The Labute approximate surface area is 126 Å². The zero-order chi connectivity index (χ0) is 15.2. The summed E-state index contributed by atoms with van der Waals surface area (Å²) in [5.41, 5.74) is 0.748. The van der Waals surface area contributed by atoms with E-state index < -0.39 is 12.2 Å². The molecule has 1 amide bonds. The highest BCUT2D eigenvalue weighted by Crippen LogP contribution is 2.28.